The lowest BCUT2D eigenvalue weighted by Gasteiger charge is -2.11. The Kier molecular flexibility index (Phi) is 6.25. The van der Waals surface area contributed by atoms with E-state index >= 15 is 0 Å². The molecule has 1 aromatic carbocycles. The fraction of sp³-hybridized carbons (Fsp3) is 0.316. The maximum absolute atomic E-state index is 12.1. The molecule has 0 fully saturated rings. The van der Waals surface area contributed by atoms with Crippen LogP contribution in [0.5, 0.6) is 5.75 Å². The second-order valence-corrected chi connectivity index (χ2v) is 7.42. The highest BCUT2D eigenvalue weighted by Crippen LogP contribution is 2.19. The fourth-order valence-electron chi connectivity index (χ4n) is 2.69. The molecule has 8 nitrogen and oxygen atoms in total. The summed E-state index contributed by atoms with van der Waals surface area (Å²) in [5, 5.41) is 11.4. The van der Waals surface area contributed by atoms with Crippen molar-refractivity contribution in [3.63, 3.8) is 0 Å². The van der Waals surface area contributed by atoms with Gasteiger partial charge in [0.2, 0.25) is 11.1 Å². The van der Waals surface area contributed by atoms with E-state index < -0.39 is 0 Å². The minimum Gasteiger partial charge on any atom is -0.486 e. The molecule has 0 aliphatic rings. The van der Waals surface area contributed by atoms with Gasteiger partial charge in [0.1, 0.15) is 18.1 Å². The van der Waals surface area contributed by atoms with E-state index in [-0.39, 0.29) is 24.3 Å². The van der Waals surface area contributed by atoms with Crippen LogP contribution in [-0.2, 0) is 11.4 Å². The average Bonchev–Trinajstić information content (AvgIpc) is 3.28. The van der Waals surface area contributed by atoms with E-state index in [4.69, 9.17) is 15.0 Å². The van der Waals surface area contributed by atoms with Gasteiger partial charge in [0.15, 0.2) is 5.82 Å². The molecule has 1 amide bonds. The van der Waals surface area contributed by atoms with Crippen molar-refractivity contribution in [1.29, 1.82) is 0 Å². The predicted octanol–water partition coefficient (Wildman–Crippen LogP) is 2.75. The summed E-state index contributed by atoms with van der Waals surface area (Å²) < 4.78 is 12.4. The molecule has 3 aromatic rings. The number of hydrogen-bond donors (Lipinski definition) is 2. The van der Waals surface area contributed by atoms with E-state index in [0.717, 1.165) is 16.9 Å². The first-order chi connectivity index (χ1) is 13.4. The highest BCUT2D eigenvalue weighted by Gasteiger charge is 2.15. The fourth-order valence-corrected chi connectivity index (χ4v) is 3.38. The average molecular weight is 401 g/mol. The molecule has 2 heterocycles. The molecule has 2 aromatic heterocycles. The SMILES string of the molecule is Cc1cc(C)cc(OCc2nnc(SCC(=O)NC(C)c3ccco3)n2N)c1. The summed E-state index contributed by atoms with van der Waals surface area (Å²) in [5.41, 5.74) is 2.24. The number of thioether (sulfide) groups is 1. The van der Waals surface area contributed by atoms with Gasteiger partial charge in [-0.15, -0.1) is 10.2 Å². The number of rotatable bonds is 8. The first-order valence-electron chi connectivity index (χ1n) is 8.78. The number of furan rings is 1. The molecule has 0 bridgehead atoms. The zero-order valence-corrected chi connectivity index (χ0v) is 16.8. The maximum Gasteiger partial charge on any atom is 0.231 e. The van der Waals surface area contributed by atoms with Crippen LogP contribution in [0.25, 0.3) is 0 Å². The molecule has 0 saturated carbocycles. The Labute approximate surface area is 167 Å². The number of nitrogen functional groups attached to an aromatic ring is 1. The third kappa shape index (κ3) is 5.07. The molecule has 0 spiro atoms. The summed E-state index contributed by atoms with van der Waals surface area (Å²) in [4.78, 5) is 12.1. The molecule has 0 aliphatic heterocycles. The summed E-state index contributed by atoms with van der Waals surface area (Å²) in [5.74, 6) is 7.98. The molecule has 3 N–H and O–H groups in total. The number of carbonyl (C=O) groups is 1. The van der Waals surface area contributed by atoms with Gasteiger partial charge in [0, 0.05) is 0 Å². The van der Waals surface area contributed by atoms with Crippen LogP contribution in [0.1, 0.15) is 35.7 Å². The van der Waals surface area contributed by atoms with E-state index in [2.05, 4.69) is 21.6 Å². The van der Waals surface area contributed by atoms with Crippen LogP contribution in [0.2, 0.25) is 0 Å². The Bertz CT molecular complexity index is 919. The van der Waals surface area contributed by atoms with Gasteiger partial charge in [0.25, 0.3) is 0 Å². The number of amides is 1. The van der Waals surface area contributed by atoms with Crippen molar-refractivity contribution < 1.29 is 13.9 Å². The lowest BCUT2D eigenvalue weighted by Crippen LogP contribution is -2.28. The van der Waals surface area contributed by atoms with E-state index in [1.54, 1.807) is 12.3 Å². The largest absolute Gasteiger partial charge is 0.486 e. The quantitative estimate of drug-likeness (QED) is 0.441. The molecule has 0 saturated heterocycles. The van der Waals surface area contributed by atoms with Crippen LogP contribution in [-0.4, -0.2) is 26.5 Å². The van der Waals surface area contributed by atoms with Gasteiger partial charge < -0.3 is 20.3 Å². The molecule has 3 rings (SSSR count). The van der Waals surface area contributed by atoms with Crippen LogP contribution in [0.15, 0.2) is 46.2 Å². The topological polar surface area (TPSA) is 108 Å². The minimum atomic E-state index is -0.208. The molecule has 148 valence electrons. The number of benzene rings is 1. The van der Waals surface area contributed by atoms with Gasteiger partial charge in [-0.1, -0.05) is 17.8 Å². The summed E-state index contributed by atoms with van der Waals surface area (Å²) in [6.45, 7) is 6.07. The van der Waals surface area contributed by atoms with E-state index in [0.29, 0.717) is 16.7 Å². The van der Waals surface area contributed by atoms with Crippen LogP contribution >= 0.6 is 11.8 Å². The van der Waals surface area contributed by atoms with Crippen molar-refractivity contribution in [3.05, 3.63) is 59.3 Å². The number of nitrogens with zero attached hydrogens (tertiary/aromatic N) is 3. The van der Waals surface area contributed by atoms with E-state index in [1.165, 1.54) is 16.4 Å². The highest BCUT2D eigenvalue weighted by atomic mass is 32.2. The number of ether oxygens (including phenoxy) is 1. The van der Waals surface area contributed by atoms with Crippen molar-refractivity contribution >= 4 is 17.7 Å². The predicted molar refractivity (Wildman–Crippen MR) is 106 cm³/mol. The number of carbonyl (C=O) groups excluding carboxylic acids is 1. The van der Waals surface area contributed by atoms with Crippen LogP contribution < -0.4 is 15.9 Å². The molecule has 1 atom stereocenters. The van der Waals surface area contributed by atoms with E-state index in [9.17, 15) is 4.79 Å². The molecule has 0 radical (unpaired) electrons. The first kappa shape index (κ1) is 19.8. The van der Waals surface area contributed by atoms with Crippen molar-refractivity contribution in [2.45, 2.75) is 38.6 Å². The Balaban J connectivity index is 1.52. The van der Waals surface area contributed by atoms with Gasteiger partial charge in [-0.05, 0) is 56.2 Å². The Morgan fingerprint density at radius 1 is 1.32 bits per heavy atom. The molecular weight excluding hydrogens is 378 g/mol. The second-order valence-electron chi connectivity index (χ2n) is 6.47. The summed E-state index contributed by atoms with van der Waals surface area (Å²) in [6, 6.07) is 9.36. The number of hydrogen-bond acceptors (Lipinski definition) is 7. The smallest absolute Gasteiger partial charge is 0.231 e. The monoisotopic (exact) mass is 401 g/mol. The molecule has 28 heavy (non-hydrogen) atoms. The zero-order valence-electron chi connectivity index (χ0n) is 16.0. The molecular formula is C19H23N5O3S. The lowest BCUT2D eigenvalue weighted by molar-refractivity contribution is -0.119. The third-order valence-electron chi connectivity index (χ3n) is 3.98. The standard InChI is InChI=1S/C19H23N5O3S/c1-12-7-13(2)9-15(8-12)27-10-17-22-23-19(24(17)20)28-11-18(25)21-14(3)16-5-4-6-26-16/h4-9,14H,10-11,20H2,1-3H3,(H,21,25). The highest BCUT2D eigenvalue weighted by molar-refractivity contribution is 7.99. The first-order valence-corrected chi connectivity index (χ1v) is 9.77. The Morgan fingerprint density at radius 2 is 2.07 bits per heavy atom. The van der Waals surface area contributed by atoms with Gasteiger partial charge >= 0.3 is 0 Å². The van der Waals surface area contributed by atoms with Gasteiger partial charge in [-0.3, -0.25) is 4.79 Å². The normalized spacial score (nSPS) is 12.0. The number of aryl methyl sites for hydroxylation is 2. The third-order valence-corrected chi connectivity index (χ3v) is 4.92. The van der Waals surface area contributed by atoms with Crippen molar-refractivity contribution in [2.75, 3.05) is 11.6 Å². The van der Waals surface area contributed by atoms with E-state index in [1.807, 2.05) is 39.0 Å². The van der Waals surface area contributed by atoms with Crippen molar-refractivity contribution in [1.82, 2.24) is 20.2 Å². The van der Waals surface area contributed by atoms with Gasteiger partial charge in [-0.2, -0.15) is 0 Å². The Morgan fingerprint density at radius 3 is 2.75 bits per heavy atom. The minimum absolute atomic E-state index is 0.148. The summed E-state index contributed by atoms with van der Waals surface area (Å²) in [7, 11) is 0. The maximum atomic E-state index is 12.1. The summed E-state index contributed by atoms with van der Waals surface area (Å²) in [6.07, 6.45) is 1.57. The summed E-state index contributed by atoms with van der Waals surface area (Å²) >= 11 is 1.21. The van der Waals surface area contributed by atoms with Crippen LogP contribution in [0.3, 0.4) is 0 Å². The van der Waals surface area contributed by atoms with Crippen molar-refractivity contribution in [2.24, 2.45) is 0 Å². The van der Waals surface area contributed by atoms with Gasteiger partial charge in [0.05, 0.1) is 18.1 Å². The lowest BCUT2D eigenvalue weighted by atomic mass is 10.1. The van der Waals surface area contributed by atoms with Crippen LogP contribution in [0, 0.1) is 13.8 Å². The zero-order chi connectivity index (χ0) is 20.1. The molecule has 1 unspecified atom stereocenters. The molecule has 9 heteroatoms. The van der Waals surface area contributed by atoms with Crippen LogP contribution in [0.4, 0.5) is 0 Å². The van der Waals surface area contributed by atoms with Gasteiger partial charge in [-0.25, -0.2) is 4.68 Å². The van der Waals surface area contributed by atoms with Crippen molar-refractivity contribution in [3.8, 4) is 5.75 Å². The Hall–Kier alpha value is -2.94. The number of aromatic nitrogens is 3. The number of nitrogens with one attached hydrogen (secondary N) is 1. The second kappa shape index (κ2) is 8.83. The number of nitrogens with two attached hydrogens (primary N) is 1. The molecule has 0 aliphatic carbocycles.